The zero-order valence-electron chi connectivity index (χ0n) is 11.0. The molecule has 4 nitrogen and oxygen atoms in total. The normalized spacial score (nSPS) is 9.90. The van der Waals surface area contributed by atoms with E-state index in [4.69, 9.17) is 11.0 Å². The van der Waals surface area contributed by atoms with Crippen LogP contribution in [0.5, 0.6) is 0 Å². The Morgan fingerprint density at radius 2 is 2.00 bits per heavy atom. The van der Waals surface area contributed by atoms with Gasteiger partial charge in [-0.3, -0.25) is 4.79 Å². The number of rotatable bonds is 4. The number of nitrogens with one attached hydrogen (secondary N) is 1. The van der Waals surface area contributed by atoms with Gasteiger partial charge in [-0.2, -0.15) is 5.26 Å². The minimum Gasteiger partial charge on any atom is -0.398 e. The molecular formula is C15H12BrN3OS. The van der Waals surface area contributed by atoms with Crippen LogP contribution in [-0.4, -0.2) is 11.7 Å². The van der Waals surface area contributed by atoms with Gasteiger partial charge < -0.3 is 11.1 Å². The molecular weight excluding hydrogens is 350 g/mol. The van der Waals surface area contributed by atoms with Crippen LogP contribution in [0.2, 0.25) is 0 Å². The first kappa shape index (κ1) is 15.4. The Morgan fingerprint density at radius 3 is 2.62 bits per heavy atom. The lowest BCUT2D eigenvalue weighted by Crippen LogP contribution is -2.14. The van der Waals surface area contributed by atoms with Crippen LogP contribution in [0.4, 0.5) is 11.4 Å². The predicted molar refractivity (Wildman–Crippen MR) is 89.1 cm³/mol. The first-order valence-corrected chi connectivity index (χ1v) is 7.84. The molecule has 6 heteroatoms. The van der Waals surface area contributed by atoms with Gasteiger partial charge in [0.25, 0.3) is 0 Å². The number of nitrogens with zero attached hydrogens (tertiary/aromatic N) is 1. The van der Waals surface area contributed by atoms with E-state index in [1.54, 1.807) is 30.3 Å². The van der Waals surface area contributed by atoms with Crippen molar-refractivity contribution in [3.8, 4) is 6.07 Å². The zero-order valence-corrected chi connectivity index (χ0v) is 13.4. The summed E-state index contributed by atoms with van der Waals surface area (Å²) in [6.07, 6.45) is 0. The molecule has 2 aromatic carbocycles. The molecule has 0 saturated carbocycles. The number of nitriles is 1. The molecule has 0 saturated heterocycles. The highest BCUT2D eigenvalue weighted by Gasteiger charge is 2.06. The first-order chi connectivity index (χ1) is 10.1. The molecule has 1 amide bonds. The van der Waals surface area contributed by atoms with Crippen molar-refractivity contribution in [2.24, 2.45) is 0 Å². The molecule has 0 bridgehead atoms. The highest BCUT2D eigenvalue weighted by atomic mass is 79.9. The molecule has 0 heterocycles. The van der Waals surface area contributed by atoms with Crippen LogP contribution in [0, 0.1) is 11.3 Å². The number of benzene rings is 2. The fourth-order valence-electron chi connectivity index (χ4n) is 1.62. The lowest BCUT2D eigenvalue weighted by Gasteiger charge is -2.07. The summed E-state index contributed by atoms with van der Waals surface area (Å²) in [6, 6.07) is 14.3. The fourth-order valence-corrected chi connectivity index (χ4v) is 2.75. The zero-order chi connectivity index (χ0) is 15.2. The van der Waals surface area contributed by atoms with Crippen LogP contribution in [0.15, 0.2) is 51.8 Å². The first-order valence-electron chi connectivity index (χ1n) is 6.06. The van der Waals surface area contributed by atoms with Crippen LogP contribution >= 0.6 is 27.7 Å². The van der Waals surface area contributed by atoms with Crippen LogP contribution in [0.25, 0.3) is 0 Å². The van der Waals surface area contributed by atoms with Gasteiger partial charge in [0.15, 0.2) is 0 Å². The number of amides is 1. The van der Waals surface area contributed by atoms with Crippen molar-refractivity contribution in [2.45, 2.75) is 4.90 Å². The Morgan fingerprint density at radius 1 is 1.29 bits per heavy atom. The topological polar surface area (TPSA) is 78.9 Å². The second-order valence-electron chi connectivity index (χ2n) is 4.21. The van der Waals surface area contributed by atoms with E-state index in [0.29, 0.717) is 16.9 Å². The largest absolute Gasteiger partial charge is 0.398 e. The molecule has 0 aliphatic rings. The Hall–Kier alpha value is -1.97. The van der Waals surface area contributed by atoms with E-state index in [-0.39, 0.29) is 11.7 Å². The third kappa shape index (κ3) is 4.52. The summed E-state index contributed by atoms with van der Waals surface area (Å²) in [5.74, 6) is 0.151. The average molecular weight is 362 g/mol. The van der Waals surface area contributed by atoms with Gasteiger partial charge >= 0.3 is 0 Å². The molecule has 0 fully saturated rings. The highest BCUT2D eigenvalue weighted by molar-refractivity contribution is 9.10. The predicted octanol–water partition coefficient (Wildman–Crippen LogP) is 3.63. The van der Waals surface area contributed by atoms with Crippen molar-refractivity contribution in [3.63, 3.8) is 0 Å². The molecule has 3 N–H and O–H groups in total. The van der Waals surface area contributed by atoms with Crippen molar-refractivity contribution in [1.29, 1.82) is 5.26 Å². The number of carbonyl (C=O) groups excluding carboxylic acids is 1. The minimum absolute atomic E-state index is 0.118. The molecule has 106 valence electrons. The molecule has 0 radical (unpaired) electrons. The quantitative estimate of drug-likeness (QED) is 0.643. The van der Waals surface area contributed by atoms with Gasteiger partial charge in [0.05, 0.1) is 17.4 Å². The Labute approximate surface area is 135 Å². The number of carbonyl (C=O) groups is 1. The maximum atomic E-state index is 11.9. The number of nitrogens with two attached hydrogens (primary N) is 1. The molecule has 0 aromatic heterocycles. The molecule has 21 heavy (non-hydrogen) atoms. The van der Waals surface area contributed by atoms with Crippen molar-refractivity contribution < 1.29 is 4.79 Å². The summed E-state index contributed by atoms with van der Waals surface area (Å²) < 4.78 is 0.909. The van der Waals surface area contributed by atoms with E-state index in [2.05, 4.69) is 21.2 Å². The third-order valence-electron chi connectivity index (χ3n) is 2.63. The summed E-state index contributed by atoms with van der Waals surface area (Å²) >= 11 is 4.72. The third-order valence-corrected chi connectivity index (χ3v) is 4.21. The second-order valence-corrected chi connectivity index (χ2v) is 6.14. The van der Waals surface area contributed by atoms with Crippen LogP contribution in [-0.2, 0) is 4.79 Å². The van der Waals surface area contributed by atoms with Gasteiger partial charge in [0.2, 0.25) is 5.91 Å². The monoisotopic (exact) mass is 361 g/mol. The number of hydrogen-bond acceptors (Lipinski definition) is 4. The summed E-state index contributed by atoms with van der Waals surface area (Å²) in [5.41, 5.74) is 7.75. The summed E-state index contributed by atoms with van der Waals surface area (Å²) in [6.45, 7) is 0. The van der Waals surface area contributed by atoms with Gasteiger partial charge in [-0.25, -0.2) is 0 Å². The minimum atomic E-state index is -0.118. The molecule has 0 unspecified atom stereocenters. The van der Waals surface area contributed by atoms with Crippen LogP contribution in [0.1, 0.15) is 5.56 Å². The number of nitrogen functional groups attached to an aromatic ring is 1. The van der Waals surface area contributed by atoms with E-state index >= 15 is 0 Å². The van der Waals surface area contributed by atoms with Crippen molar-refractivity contribution in [2.75, 3.05) is 16.8 Å². The number of hydrogen-bond donors (Lipinski definition) is 2. The van der Waals surface area contributed by atoms with Gasteiger partial charge in [0, 0.05) is 20.7 Å². The number of halogens is 1. The van der Waals surface area contributed by atoms with Crippen molar-refractivity contribution in [1.82, 2.24) is 0 Å². The molecule has 0 aliphatic heterocycles. The standard InChI is InChI=1S/C15H12BrN3OS/c16-11-3-6-14(13(18)7-11)21-9-15(20)19-12-4-1-10(8-17)2-5-12/h1-7H,9,18H2,(H,19,20). The molecule has 0 spiro atoms. The molecule has 0 aliphatic carbocycles. The summed E-state index contributed by atoms with van der Waals surface area (Å²) in [4.78, 5) is 12.7. The SMILES string of the molecule is N#Cc1ccc(NC(=O)CSc2ccc(Br)cc2N)cc1. The van der Waals surface area contributed by atoms with Gasteiger partial charge in [-0.15, -0.1) is 11.8 Å². The lowest BCUT2D eigenvalue weighted by atomic mass is 10.2. The summed E-state index contributed by atoms with van der Waals surface area (Å²) in [5, 5.41) is 11.5. The lowest BCUT2D eigenvalue weighted by molar-refractivity contribution is -0.113. The number of thioether (sulfide) groups is 1. The smallest absolute Gasteiger partial charge is 0.234 e. The molecule has 2 aromatic rings. The summed E-state index contributed by atoms with van der Waals surface area (Å²) in [7, 11) is 0. The average Bonchev–Trinajstić information content (AvgIpc) is 2.47. The van der Waals surface area contributed by atoms with E-state index in [0.717, 1.165) is 9.37 Å². The van der Waals surface area contributed by atoms with Gasteiger partial charge in [-0.1, -0.05) is 15.9 Å². The maximum Gasteiger partial charge on any atom is 0.234 e. The van der Waals surface area contributed by atoms with Crippen molar-refractivity contribution in [3.05, 3.63) is 52.5 Å². The van der Waals surface area contributed by atoms with E-state index in [9.17, 15) is 4.79 Å². The second kappa shape index (κ2) is 7.16. The van der Waals surface area contributed by atoms with Gasteiger partial charge in [-0.05, 0) is 42.5 Å². The van der Waals surface area contributed by atoms with Crippen LogP contribution in [0.3, 0.4) is 0 Å². The number of anilines is 2. The highest BCUT2D eigenvalue weighted by Crippen LogP contribution is 2.27. The van der Waals surface area contributed by atoms with E-state index in [1.807, 2.05) is 18.2 Å². The molecule has 2 rings (SSSR count). The maximum absolute atomic E-state index is 11.9. The van der Waals surface area contributed by atoms with E-state index in [1.165, 1.54) is 11.8 Å². The fraction of sp³-hybridized carbons (Fsp3) is 0.0667. The Kier molecular flexibility index (Phi) is 5.26. The Bertz CT molecular complexity index is 695. The Balaban J connectivity index is 1.91. The van der Waals surface area contributed by atoms with E-state index < -0.39 is 0 Å². The van der Waals surface area contributed by atoms with Crippen LogP contribution < -0.4 is 11.1 Å². The van der Waals surface area contributed by atoms with Gasteiger partial charge in [0.1, 0.15) is 0 Å². The van der Waals surface area contributed by atoms with Crippen molar-refractivity contribution >= 4 is 45.0 Å². The molecule has 0 atom stereocenters.